The quantitative estimate of drug-likeness (QED) is 0.703. The van der Waals surface area contributed by atoms with Gasteiger partial charge in [0, 0.05) is 0 Å². The lowest BCUT2D eigenvalue weighted by Crippen LogP contribution is -2.22. The highest BCUT2D eigenvalue weighted by atomic mass is 32.1. The van der Waals surface area contributed by atoms with Gasteiger partial charge < -0.3 is 10.5 Å². The van der Waals surface area contributed by atoms with Gasteiger partial charge in [0.1, 0.15) is 10.6 Å². The maximum Gasteiger partial charge on any atom is 0.275 e. The summed E-state index contributed by atoms with van der Waals surface area (Å²) in [5, 5.41) is 1.32. The second-order valence-electron chi connectivity index (χ2n) is 3.24. The van der Waals surface area contributed by atoms with E-state index in [0.717, 1.165) is 0 Å². The lowest BCUT2D eigenvalue weighted by Gasteiger charge is -2.18. The number of nitrogens with zero attached hydrogens (tertiary/aromatic N) is 1. The van der Waals surface area contributed by atoms with Crippen molar-refractivity contribution in [3.63, 3.8) is 0 Å². The highest BCUT2D eigenvalue weighted by Gasteiger charge is 2.13. The van der Waals surface area contributed by atoms with Gasteiger partial charge in [0.05, 0.1) is 6.20 Å². The SMILES string of the molecule is CC(C)(C)Oc1ncc(N)s1. The Morgan fingerprint density at radius 1 is 1.55 bits per heavy atom. The van der Waals surface area contributed by atoms with Crippen LogP contribution in [0.1, 0.15) is 20.8 Å². The highest BCUT2D eigenvalue weighted by Crippen LogP contribution is 2.25. The number of hydrogen-bond acceptors (Lipinski definition) is 4. The molecule has 1 heterocycles. The molecule has 0 radical (unpaired) electrons. The third kappa shape index (κ3) is 2.76. The van der Waals surface area contributed by atoms with Gasteiger partial charge in [-0.2, -0.15) is 0 Å². The lowest BCUT2D eigenvalue weighted by atomic mass is 10.2. The maximum absolute atomic E-state index is 5.47. The van der Waals surface area contributed by atoms with E-state index in [1.807, 2.05) is 20.8 Å². The number of aromatic nitrogens is 1. The Kier molecular flexibility index (Phi) is 2.04. The minimum atomic E-state index is -0.190. The number of thiazole rings is 1. The standard InChI is InChI=1S/C7H12N2OS/c1-7(2,3)10-6-9-4-5(8)11-6/h4H,8H2,1-3H3. The van der Waals surface area contributed by atoms with E-state index in [4.69, 9.17) is 10.5 Å². The second-order valence-corrected chi connectivity index (χ2v) is 4.27. The number of nitrogens with two attached hydrogens (primary N) is 1. The van der Waals surface area contributed by atoms with Gasteiger partial charge in [-0.3, -0.25) is 0 Å². The van der Waals surface area contributed by atoms with Gasteiger partial charge >= 0.3 is 0 Å². The van der Waals surface area contributed by atoms with Crippen LogP contribution in [-0.4, -0.2) is 10.6 Å². The first kappa shape index (κ1) is 8.33. The van der Waals surface area contributed by atoms with Gasteiger partial charge in [0.25, 0.3) is 5.19 Å². The fourth-order valence-corrected chi connectivity index (χ4v) is 1.28. The lowest BCUT2D eigenvalue weighted by molar-refractivity contribution is 0.130. The van der Waals surface area contributed by atoms with Crippen molar-refractivity contribution in [3.05, 3.63) is 6.20 Å². The minimum Gasteiger partial charge on any atom is -0.464 e. The predicted molar refractivity (Wildman–Crippen MR) is 46.9 cm³/mol. The first-order valence-electron chi connectivity index (χ1n) is 3.38. The second kappa shape index (κ2) is 2.70. The van der Waals surface area contributed by atoms with Crippen LogP contribution in [0.25, 0.3) is 0 Å². The molecule has 11 heavy (non-hydrogen) atoms. The summed E-state index contributed by atoms with van der Waals surface area (Å²) in [6.07, 6.45) is 1.60. The number of nitrogen functional groups attached to an aromatic ring is 1. The first-order valence-corrected chi connectivity index (χ1v) is 4.19. The molecule has 1 rings (SSSR count). The Morgan fingerprint density at radius 2 is 2.18 bits per heavy atom. The van der Waals surface area contributed by atoms with E-state index in [1.165, 1.54) is 11.3 Å². The molecule has 0 aliphatic rings. The van der Waals surface area contributed by atoms with E-state index < -0.39 is 0 Å². The van der Waals surface area contributed by atoms with Crippen molar-refractivity contribution in [2.75, 3.05) is 5.73 Å². The number of anilines is 1. The molecule has 0 saturated carbocycles. The molecule has 0 aromatic carbocycles. The summed E-state index contributed by atoms with van der Waals surface area (Å²) in [6.45, 7) is 5.93. The van der Waals surface area contributed by atoms with Crippen LogP contribution in [0.15, 0.2) is 6.20 Å². The smallest absolute Gasteiger partial charge is 0.275 e. The van der Waals surface area contributed by atoms with Crippen LogP contribution in [0.5, 0.6) is 5.19 Å². The molecule has 1 aromatic heterocycles. The summed E-state index contributed by atoms with van der Waals surface area (Å²) in [5.41, 5.74) is 5.28. The van der Waals surface area contributed by atoms with Crippen molar-refractivity contribution in [2.24, 2.45) is 0 Å². The van der Waals surface area contributed by atoms with Crippen LogP contribution in [0.4, 0.5) is 5.00 Å². The van der Waals surface area contributed by atoms with Gasteiger partial charge in [-0.05, 0) is 20.8 Å². The molecule has 0 atom stereocenters. The summed E-state index contributed by atoms with van der Waals surface area (Å²) in [6, 6.07) is 0. The maximum atomic E-state index is 5.47. The average molecular weight is 172 g/mol. The first-order chi connectivity index (χ1) is 4.97. The molecule has 0 saturated heterocycles. The summed E-state index contributed by atoms with van der Waals surface area (Å²) in [5.74, 6) is 0. The highest BCUT2D eigenvalue weighted by molar-refractivity contribution is 7.17. The zero-order chi connectivity index (χ0) is 8.48. The molecule has 4 heteroatoms. The van der Waals surface area contributed by atoms with Gasteiger partial charge in [0.2, 0.25) is 0 Å². The third-order valence-corrected chi connectivity index (χ3v) is 1.60. The van der Waals surface area contributed by atoms with Crippen molar-refractivity contribution in [1.29, 1.82) is 0 Å². The molecule has 1 aromatic rings. The summed E-state index contributed by atoms with van der Waals surface area (Å²) >= 11 is 1.36. The zero-order valence-electron chi connectivity index (χ0n) is 6.92. The monoisotopic (exact) mass is 172 g/mol. The van der Waals surface area contributed by atoms with Crippen molar-refractivity contribution in [3.8, 4) is 5.19 Å². The van der Waals surface area contributed by atoms with E-state index in [-0.39, 0.29) is 5.60 Å². The van der Waals surface area contributed by atoms with Crippen LogP contribution in [-0.2, 0) is 0 Å². The largest absolute Gasteiger partial charge is 0.464 e. The normalized spacial score (nSPS) is 11.5. The summed E-state index contributed by atoms with van der Waals surface area (Å²) in [7, 11) is 0. The topological polar surface area (TPSA) is 48.1 Å². The Labute approximate surface area is 70.2 Å². The van der Waals surface area contributed by atoms with E-state index in [1.54, 1.807) is 6.20 Å². The number of hydrogen-bond donors (Lipinski definition) is 1. The van der Waals surface area contributed by atoms with Gasteiger partial charge in [-0.1, -0.05) is 11.3 Å². The molecule has 0 unspecified atom stereocenters. The van der Waals surface area contributed by atoms with Gasteiger partial charge in [0.15, 0.2) is 0 Å². The predicted octanol–water partition coefficient (Wildman–Crippen LogP) is 1.90. The molecular formula is C7H12N2OS. The fraction of sp³-hybridized carbons (Fsp3) is 0.571. The Hall–Kier alpha value is -0.770. The molecule has 3 nitrogen and oxygen atoms in total. The van der Waals surface area contributed by atoms with Crippen LogP contribution < -0.4 is 10.5 Å². The molecule has 0 spiro atoms. The molecule has 62 valence electrons. The van der Waals surface area contributed by atoms with Crippen molar-refractivity contribution in [1.82, 2.24) is 4.98 Å². The minimum absolute atomic E-state index is 0.190. The van der Waals surface area contributed by atoms with Crippen LogP contribution >= 0.6 is 11.3 Å². The molecule has 0 aliphatic heterocycles. The Morgan fingerprint density at radius 3 is 2.55 bits per heavy atom. The van der Waals surface area contributed by atoms with Crippen molar-refractivity contribution >= 4 is 16.3 Å². The van der Waals surface area contributed by atoms with E-state index in [2.05, 4.69) is 4.98 Å². The third-order valence-electron chi connectivity index (χ3n) is 0.896. The molecule has 0 fully saturated rings. The fourth-order valence-electron chi connectivity index (χ4n) is 0.579. The molecule has 0 bridgehead atoms. The van der Waals surface area contributed by atoms with Crippen LogP contribution in [0.3, 0.4) is 0 Å². The van der Waals surface area contributed by atoms with Crippen molar-refractivity contribution in [2.45, 2.75) is 26.4 Å². The van der Waals surface area contributed by atoms with Gasteiger partial charge in [-0.25, -0.2) is 4.98 Å². The molecule has 2 N–H and O–H groups in total. The number of ether oxygens (including phenoxy) is 1. The van der Waals surface area contributed by atoms with Crippen LogP contribution in [0, 0.1) is 0 Å². The average Bonchev–Trinajstić information content (AvgIpc) is 2.10. The Bertz CT molecular complexity index is 239. The van der Waals surface area contributed by atoms with Crippen LogP contribution in [0.2, 0.25) is 0 Å². The molecule has 0 aliphatic carbocycles. The summed E-state index contributed by atoms with van der Waals surface area (Å²) < 4.78 is 5.45. The Balaban J connectivity index is 2.65. The van der Waals surface area contributed by atoms with Crippen molar-refractivity contribution < 1.29 is 4.74 Å². The molecule has 0 amide bonds. The summed E-state index contributed by atoms with van der Waals surface area (Å²) in [4.78, 5) is 3.97. The van der Waals surface area contributed by atoms with Gasteiger partial charge in [-0.15, -0.1) is 0 Å². The molecular weight excluding hydrogens is 160 g/mol. The zero-order valence-corrected chi connectivity index (χ0v) is 7.73. The van der Waals surface area contributed by atoms with E-state index >= 15 is 0 Å². The van der Waals surface area contributed by atoms with E-state index in [9.17, 15) is 0 Å². The van der Waals surface area contributed by atoms with E-state index in [0.29, 0.717) is 10.2 Å². The number of rotatable bonds is 1.